The van der Waals surface area contributed by atoms with Crippen LogP contribution in [0.15, 0.2) is 41.5 Å². The van der Waals surface area contributed by atoms with E-state index >= 15 is 0 Å². The van der Waals surface area contributed by atoms with Crippen LogP contribution in [0.25, 0.3) is 0 Å². The SMILES string of the molecule is O=C1[C@@H]2[C@H](C(=O)N1c1cc(Cl)cc(Cl)c1)[C@@H]1C=C[C@H]2C1=C1C2CC3CC(C2)CC1C3. The summed E-state index contributed by atoms with van der Waals surface area (Å²) in [5, 5.41) is 0.875. The molecule has 0 N–H and O–H groups in total. The number of nitrogens with zero attached hydrogens (tertiary/aromatic N) is 1. The molecule has 30 heavy (non-hydrogen) atoms. The van der Waals surface area contributed by atoms with Crippen molar-refractivity contribution < 1.29 is 9.59 Å². The molecule has 5 saturated carbocycles. The lowest BCUT2D eigenvalue weighted by Crippen LogP contribution is -2.41. The number of carbonyl (C=O) groups excluding carboxylic acids is 2. The molecule has 6 fully saturated rings. The van der Waals surface area contributed by atoms with Gasteiger partial charge in [-0.2, -0.15) is 0 Å². The maximum Gasteiger partial charge on any atom is 0.238 e. The van der Waals surface area contributed by atoms with E-state index in [2.05, 4.69) is 12.2 Å². The number of hydrogen-bond donors (Lipinski definition) is 0. The molecule has 154 valence electrons. The maximum absolute atomic E-state index is 13.5. The van der Waals surface area contributed by atoms with Crippen molar-refractivity contribution in [2.24, 2.45) is 47.3 Å². The van der Waals surface area contributed by atoms with Crippen molar-refractivity contribution >= 4 is 40.7 Å². The Kier molecular flexibility index (Phi) is 3.61. The van der Waals surface area contributed by atoms with E-state index < -0.39 is 0 Å². The first-order chi connectivity index (χ1) is 14.5. The fourth-order valence-electron chi connectivity index (χ4n) is 8.23. The Morgan fingerprint density at radius 1 is 0.700 bits per heavy atom. The largest absolute Gasteiger partial charge is 0.274 e. The highest BCUT2D eigenvalue weighted by Crippen LogP contribution is 2.64. The van der Waals surface area contributed by atoms with Gasteiger partial charge in [0.25, 0.3) is 0 Å². The van der Waals surface area contributed by atoms with Crippen molar-refractivity contribution in [2.75, 3.05) is 4.90 Å². The Morgan fingerprint density at radius 2 is 1.20 bits per heavy atom. The molecule has 7 aliphatic rings. The topological polar surface area (TPSA) is 37.4 Å². The van der Waals surface area contributed by atoms with Crippen molar-refractivity contribution in [2.45, 2.75) is 32.1 Å². The van der Waals surface area contributed by atoms with E-state index in [0.29, 0.717) is 27.6 Å². The first-order valence-corrected chi connectivity index (χ1v) is 12.0. The molecule has 1 aromatic carbocycles. The van der Waals surface area contributed by atoms with Crippen LogP contribution >= 0.6 is 23.2 Å². The van der Waals surface area contributed by atoms with Crippen LogP contribution in [0.1, 0.15) is 32.1 Å². The van der Waals surface area contributed by atoms with Crippen molar-refractivity contribution in [3.8, 4) is 0 Å². The second-order valence-electron chi connectivity index (χ2n) is 10.3. The minimum Gasteiger partial charge on any atom is -0.274 e. The van der Waals surface area contributed by atoms with E-state index in [1.54, 1.807) is 23.8 Å². The normalized spacial score (nSPS) is 42.8. The van der Waals surface area contributed by atoms with Gasteiger partial charge in [0.15, 0.2) is 0 Å². The molecule has 1 saturated heterocycles. The zero-order chi connectivity index (χ0) is 20.3. The number of halogens is 2. The molecule has 1 aromatic rings. The molecule has 1 aliphatic heterocycles. The summed E-state index contributed by atoms with van der Waals surface area (Å²) in [5.41, 5.74) is 3.62. The molecule has 1 heterocycles. The summed E-state index contributed by atoms with van der Waals surface area (Å²) in [4.78, 5) is 28.4. The van der Waals surface area contributed by atoms with Crippen molar-refractivity contribution in [1.29, 1.82) is 0 Å². The van der Waals surface area contributed by atoms with Crippen molar-refractivity contribution in [3.05, 3.63) is 51.5 Å². The standard InChI is InChI=1S/C25H23Cl2NO2/c26-15-8-16(27)10-17(9-15)28-24(29)22-18-1-2-19(23(22)25(28)30)21(18)20-13-4-11-3-12(6-13)7-14(20)5-11/h1-2,8-14,18-19,22-23H,3-7H2/t11?,12?,13?,14?,18-,19+,22-,23+. The van der Waals surface area contributed by atoms with Gasteiger partial charge in [-0.15, -0.1) is 0 Å². The monoisotopic (exact) mass is 439 g/mol. The number of hydrogen-bond acceptors (Lipinski definition) is 2. The fourth-order valence-corrected chi connectivity index (χ4v) is 8.75. The first-order valence-electron chi connectivity index (χ1n) is 11.3. The highest BCUT2D eigenvalue weighted by atomic mass is 35.5. The van der Waals surface area contributed by atoms with Crippen LogP contribution in [-0.4, -0.2) is 11.8 Å². The van der Waals surface area contributed by atoms with Crippen molar-refractivity contribution in [3.63, 3.8) is 0 Å². The molecule has 5 heteroatoms. The number of anilines is 1. The van der Waals surface area contributed by atoms with Gasteiger partial charge in [0.1, 0.15) is 0 Å². The lowest BCUT2D eigenvalue weighted by Gasteiger charge is -2.52. The van der Waals surface area contributed by atoms with Gasteiger partial charge < -0.3 is 0 Å². The number of fused-ring (bicyclic) bond motifs is 5. The van der Waals surface area contributed by atoms with Gasteiger partial charge in [-0.25, -0.2) is 4.90 Å². The molecule has 0 unspecified atom stereocenters. The third-order valence-corrected chi connectivity index (χ3v) is 9.31. The van der Waals surface area contributed by atoms with Crippen LogP contribution in [0.5, 0.6) is 0 Å². The Morgan fingerprint density at radius 3 is 1.70 bits per heavy atom. The minimum absolute atomic E-state index is 0.0814. The van der Waals surface area contributed by atoms with Gasteiger partial charge in [-0.05, 0) is 74.0 Å². The summed E-state index contributed by atoms with van der Waals surface area (Å²) in [7, 11) is 0. The molecule has 0 aromatic heterocycles. The number of rotatable bonds is 1. The highest BCUT2D eigenvalue weighted by Gasteiger charge is 2.63. The molecule has 4 atom stereocenters. The predicted molar refractivity (Wildman–Crippen MR) is 116 cm³/mol. The van der Waals surface area contributed by atoms with E-state index in [-0.39, 0.29) is 35.5 Å². The maximum atomic E-state index is 13.5. The second-order valence-corrected chi connectivity index (χ2v) is 11.2. The third-order valence-electron chi connectivity index (χ3n) is 8.87. The van der Waals surface area contributed by atoms with Crippen LogP contribution in [-0.2, 0) is 9.59 Å². The minimum atomic E-state index is -0.259. The highest BCUT2D eigenvalue weighted by molar-refractivity contribution is 6.35. The van der Waals surface area contributed by atoms with Crippen molar-refractivity contribution in [1.82, 2.24) is 0 Å². The zero-order valence-corrected chi connectivity index (χ0v) is 18.1. The smallest absolute Gasteiger partial charge is 0.238 e. The summed E-state index contributed by atoms with van der Waals surface area (Å²) in [6, 6.07) is 4.95. The van der Waals surface area contributed by atoms with E-state index in [0.717, 1.165) is 11.8 Å². The first kappa shape index (κ1) is 18.0. The number of amides is 2. The van der Waals surface area contributed by atoms with Crippen LogP contribution < -0.4 is 4.90 Å². The summed E-state index contributed by atoms with van der Waals surface area (Å²) in [5.74, 6) is 2.75. The van der Waals surface area contributed by atoms with Gasteiger partial charge in [-0.1, -0.05) is 46.5 Å². The second kappa shape index (κ2) is 6.01. The zero-order valence-electron chi connectivity index (χ0n) is 16.6. The van der Waals surface area contributed by atoms with Crippen LogP contribution in [0, 0.1) is 47.3 Å². The molecule has 6 bridgehead atoms. The summed E-state index contributed by atoms with van der Waals surface area (Å²) in [6.07, 6.45) is 11.2. The van der Waals surface area contributed by atoms with Gasteiger partial charge >= 0.3 is 0 Å². The summed E-state index contributed by atoms with van der Waals surface area (Å²) >= 11 is 12.3. The van der Waals surface area contributed by atoms with E-state index in [1.807, 2.05) is 0 Å². The van der Waals surface area contributed by atoms with Crippen LogP contribution in [0.4, 0.5) is 5.69 Å². The van der Waals surface area contributed by atoms with E-state index in [9.17, 15) is 9.59 Å². The van der Waals surface area contributed by atoms with Crippen LogP contribution in [0.3, 0.4) is 0 Å². The molecular formula is C25H23Cl2NO2. The summed E-state index contributed by atoms with van der Waals surface area (Å²) < 4.78 is 0. The van der Waals surface area contributed by atoms with Gasteiger partial charge in [0, 0.05) is 21.9 Å². The van der Waals surface area contributed by atoms with Gasteiger partial charge in [-0.3, -0.25) is 9.59 Å². The van der Waals surface area contributed by atoms with Crippen LogP contribution in [0.2, 0.25) is 10.0 Å². The quantitative estimate of drug-likeness (QED) is 0.417. The van der Waals surface area contributed by atoms with Gasteiger partial charge in [0.2, 0.25) is 11.8 Å². The average molecular weight is 440 g/mol. The summed E-state index contributed by atoms with van der Waals surface area (Å²) in [6.45, 7) is 0. The number of allylic oxidation sites excluding steroid dienone is 4. The molecule has 8 rings (SSSR count). The molecule has 2 amide bonds. The molecule has 6 aliphatic carbocycles. The molecular weight excluding hydrogens is 417 g/mol. The lowest BCUT2D eigenvalue weighted by molar-refractivity contribution is -0.122. The lowest BCUT2D eigenvalue weighted by atomic mass is 9.53. The third kappa shape index (κ3) is 2.23. The Hall–Kier alpha value is -1.58. The molecule has 0 spiro atoms. The number of imide groups is 1. The number of benzene rings is 1. The number of carbonyl (C=O) groups is 2. The predicted octanol–water partition coefficient (Wildman–Crippen LogP) is 5.67. The average Bonchev–Trinajstić information content (AvgIpc) is 3.30. The molecule has 0 radical (unpaired) electrons. The van der Waals surface area contributed by atoms with Gasteiger partial charge in [0.05, 0.1) is 17.5 Å². The van der Waals surface area contributed by atoms with E-state index in [4.69, 9.17) is 23.2 Å². The Labute approximate surface area is 186 Å². The van der Waals surface area contributed by atoms with E-state index in [1.165, 1.54) is 42.6 Å². The molecule has 3 nitrogen and oxygen atoms in total. The fraction of sp³-hybridized carbons (Fsp3) is 0.520. The Balaban J connectivity index is 1.29. The Bertz CT molecular complexity index is 989.